The Balaban J connectivity index is 2.16. The van der Waals surface area contributed by atoms with Crippen molar-refractivity contribution in [3.8, 4) is 11.5 Å². The van der Waals surface area contributed by atoms with Crippen molar-refractivity contribution < 1.29 is 19.4 Å². The standard InChI is InChI=1S/C16H16O4/c1-19-14-10-6-5-7-12(14)11-15(16(17)18)20-13-8-3-2-4-9-13/h2-10,15H,11H2,1H3,(H,17,18)/t15-/m0/s1. The van der Waals surface area contributed by atoms with Crippen LogP contribution in [-0.4, -0.2) is 24.3 Å². The molecule has 0 unspecified atom stereocenters. The van der Waals surface area contributed by atoms with Crippen molar-refractivity contribution in [3.05, 3.63) is 60.2 Å². The average molecular weight is 272 g/mol. The fourth-order valence-electron chi connectivity index (χ4n) is 1.91. The Morgan fingerprint density at radius 1 is 1.10 bits per heavy atom. The van der Waals surface area contributed by atoms with E-state index in [1.54, 1.807) is 37.4 Å². The Bertz CT molecular complexity index is 566. The molecule has 0 aliphatic rings. The minimum Gasteiger partial charge on any atom is -0.496 e. The molecule has 20 heavy (non-hydrogen) atoms. The minimum absolute atomic E-state index is 0.244. The number of hydrogen-bond acceptors (Lipinski definition) is 3. The van der Waals surface area contributed by atoms with Gasteiger partial charge in [-0.25, -0.2) is 4.79 Å². The summed E-state index contributed by atoms with van der Waals surface area (Å²) in [4.78, 5) is 11.3. The van der Waals surface area contributed by atoms with Crippen LogP contribution in [0, 0.1) is 0 Å². The normalized spacial score (nSPS) is 11.7. The van der Waals surface area contributed by atoms with Gasteiger partial charge in [0, 0.05) is 6.42 Å². The third kappa shape index (κ3) is 3.51. The summed E-state index contributed by atoms with van der Waals surface area (Å²) < 4.78 is 10.8. The molecule has 0 spiro atoms. The van der Waals surface area contributed by atoms with E-state index in [-0.39, 0.29) is 6.42 Å². The van der Waals surface area contributed by atoms with Crippen LogP contribution in [0.2, 0.25) is 0 Å². The molecule has 4 heteroatoms. The number of ether oxygens (including phenoxy) is 2. The van der Waals surface area contributed by atoms with Gasteiger partial charge in [0.2, 0.25) is 0 Å². The van der Waals surface area contributed by atoms with E-state index in [1.807, 2.05) is 24.3 Å². The zero-order chi connectivity index (χ0) is 14.4. The first kappa shape index (κ1) is 13.9. The summed E-state index contributed by atoms with van der Waals surface area (Å²) >= 11 is 0. The van der Waals surface area contributed by atoms with E-state index in [1.165, 1.54) is 0 Å². The number of hydrogen-bond donors (Lipinski definition) is 1. The molecule has 0 saturated carbocycles. The van der Waals surface area contributed by atoms with Gasteiger partial charge in [-0.2, -0.15) is 0 Å². The lowest BCUT2D eigenvalue weighted by Crippen LogP contribution is -2.29. The second kappa shape index (κ2) is 6.61. The molecule has 0 bridgehead atoms. The molecule has 0 radical (unpaired) electrons. The van der Waals surface area contributed by atoms with Gasteiger partial charge in [-0.15, -0.1) is 0 Å². The third-order valence-electron chi connectivity index (χ3n) is 2.89. The fourth-order valence-corrected chi connectivity index (χ4v) is 1.91. The van der Waals surface area contributed by atoms with Gasteiger partial charge in [0.05, 0.1) is 7.11 Å². The Morgan fingerprint density at radius 3 is 2.40 bits per heavy atom. The van der Waals surface area contributed by atoms with E-state index >= 15 is 0 Å². The van der Waals surface area contributed by atoms with Crippen molar-refractivity contribution >= 4 is 5.97 Å². The molecule has 0 saturated heterocycles. The third-order valence-corrected chi connectivity index (χ3v) is 2.89. The van der Waals surface area contributed by atoms with Gasteiger partial charge in [-0.3, -0.25) is 0 Å². The second-order valence-electron chi connectivity index (χ2n) is 4.27. The molecule has 0 amide bonds. The molecule has 2 aromatic rings. The molecule has 1 N–H and O–H groups in total. The van der Waals surface area contributed by atoms with Crippen LogP contribution in [0.25, 0.3) is 0 Å². The summed E-state index contributed by atoms with van der Waals surface area (Å²) in [6.07, 6.45) is -0.706. The van der Waals surface area contributed by atoms with Crippen LogP contribution in [0.3, 0.4) is 0 Å². The Kier molecular flexibility index (Phi) is 4.60. The molecular weight excluding hydrogens is 256 g/mol. The van der Waals surface area contributed by atoms with Crippen LogP contribution in [0.4, 0.5) is 0 Å². The Hall–Kier alpha value is -2.49. The highest BCUT2D eigenvalue weighted by Crippen LogP contribution is 2.21. The van der Waals surface area contributed by atoms with Gasteiger partial charge in [0.25, 0.3) is 0 Å². The second-order valence-corrected chi connectivity index (χ2v) is 4.27. The van der Waals surface area contributed by atoms with Crippen molar-refractivity contribution in [3.63, 3.8) is 0 Å². The Labute approximate surface area is 117 Å². The highest BCUT2D eigenvalue weighted by Gasteiger charge is 2.21. The minimum atomic E-state index is -1.00. The number of carboxylic acid groups (broad SMARTS) is 1. The Morgan fingerprint density at radius 2 is 1.75 bits per heavy atom. The maximum absolute atomic E-state index is 11.3. The van der Waals surface area contributed by atoms with Crippen LogP contribution in [-0.2, 0) is 11.2 Å². The molecule has 0 fully saturated rings. The van der Waals surface area contributed by atoms with Crippen LogP contribution >= 0.6 is 0 Å². The van der Waals surface area contributed by atoms with Crippen LogP contribution in [0.15, 0.2) is 54.6 Å². The van der Waals surface area contributed by atoms with E-state index in [9.17, 15) is 9.90 Å². The fraction of sp³-hybridized carbons (Fsp3) is 0.188. The highest BCUT2D eigenvalue weighted by molar-refractivity contribution is 5.73. The maximum atomic E-state index is 11.3. The molecule has 1 atom stereocenters. The van der Waals surface area contributed by atoms with Crippen LogP contribution in [0.1, 0.15) is 5.56 Å². The van der Waals surface area contributed by atoms with Gasteiger partial charge in [-0.1, -0.05) is 36.4 Å². The van der Waals surface area contributed by atoms with E-state index in [0.29, 0.717) is 11.5 Å². The maximum Gasteiger partial charge on any atom is 0.345 e. The smallest absolute Gasteiger partial charge is 0.345 e. The summed E-state index contributed by atoms with van der Waals surface area (Å²) in [6.45, 7) is 0. The first-order valence-electron chi connectivity index (χ1n) is 6.27. The lowest BCUT2D eigenvalue weighted by molar-refractivity contribution is -0.145. The van der Waals surface area contributed by atoms with Crippen molar-refractivity contribution in [2.75, 3.05) is 7.11 Å². The van der Waals surface area contributed by atoms with Gasteiger partial charge in [0.15, 0.2) is 6.10 Å². The van der Waals surface area contributed by atoms with Gasteiger partial charge in [-0.05, 0) is 23.8 Å². The predicted octanol–water partition coefficient (Wildman–Crippen LogP) is 2.77. The van der Waals surface area contributed by atoms with Crippen LogP contribution < -0.4 is 9.47 Å². The number of aliphatic carboxylic acids is 1. The number of para-hydroxylation sites is 2. The van der Waals surface area contributed by atoms with E-state index < -0.39 is 12.1 Å². The molecule has 0 heterocycles. The summed E-state index contributed by atoms with van der Waals surface area (Å²) in [7, 11) is 1.56. The first-order chi connectivity index (χ1) is 9.70. The number of carbonyl (C=O) groups is 1. The zero-order valence-corrected chi connectivity index (χ0v) is 11.2. The predicted molar refractivity (Wildman–Crippen MR) is 75.2 cm³/mol. The van der Waals surface area contributed by atoms with Gasteiger partial charge < -0.3 is 14.6 Å². The van der Waals surface area contributed by atoms with Crippen molar-refractivity contribution in [2.24, 2.45) is 0 Å². The van der Waals surface area contributed by atoms with Gasteiger partial charge in [0.1, 0.15) is 11.5 Å². The summed E-state index contributed by atoms with van der Waals surface area (Å²) in [5.74, 6) is 0.199. The monoisotopic (exact) mass is 272 g/mol. The number of benzene rings is 2. The first-order valence-corrected chi connectivity index (χ1v) is 6.27. The molecule has 4 nitrogen and oxygen atoms in total. The molecule has 0 aliphatic carbocycles. The van der Waals surface area contributed by atoms with E-state index in [0.717, 1.165) is 5.56 Å². The van der Waals surface area contributed by atoms with E-state index in [2.05, 4.69) is 0 Å². The summed E-state index contributed by atoms with van der Waals surface area (Å²) in [5, 5.41) is 9.29. The summed E-state index contributed by atoms with van der Waals surface area (Å²) in [5.41, 5.74) is 0.804. The summed E-state index contributed by atoms with van der Waals surface area (Å²) in [6, 6.07) is 16.3. The number of methoxy groups -OCH3 is 1. The van der Waals surface area contributed by atoms with Crippen molar-refractivity contribution in [2.45, 2.75) is 12.5 Å². The van der Waals surface area contributed by atoms with Crippen molar-refractivity contribution in [1.29, 1.82) is 0 Å². The number of carboxylic acids is 1. The number of rotatable bonds is 6. The topological polar surface area (TPSA) is 55.8 Å². The highest BCUT2D eigenvalue weighted by atomic mass is 16.5. The molecule has 0 aliphatic heterocycles. The lowest BCUT2D eigenvalue weighted by Gasteiger charge is -2.16. The SMILES string of the molecule is COc1ccccc1C[C@H](Oc1ccccc1)C(=O)O. The molecule has 104 valence electrons. The van der Waals surface area contributed by atoms with E-state index in [4.69, 9.17) is 9.47 Å². The largest absolute Gasteiger partial charge is 0.496 e. The molecule has 2 rings (SSSR count). The van der Waals surface area contributed by atoms with Gasteiger partial charge >= 0.3 is 5.97 Å². The quantitative estimate of drug-likeness (QED) is 0.878. The van der Waals surface area contributed by atoms with Crippen molar-refractivity contribution in [1.82, 2.24) is 0 Å². The average Bonchev–Trinajstić information content (AvgIpc) is 2.48. The molecular formula is C16H16O4. The van der Waals surface area contributed by atoms with Crippen LogP contribution in [0.5, 0.6) is 11.5 Å². The molecule has 0 aromatic heterocycles. The zero-order valence-electron chi connectivity index (χ0n) is 11.2. The lowest BCUT2D eigenvalue weighted by atomic mass is 10.1. The molecule has 2 aromatic carbocycles.